The summed E-state index contributed by atoms with van der Waals surface area (Å²) in [7, 11) is -4.06. The molecular formula is C17H23FN2O5S. The van der Waals surface area contributed by atoms with Crippen LogP contribution >= 0.6 is 0 Å². The van der Waals surface area contributed by atoms with E-state index in [1.165, 1.54) is 13.8 Å². The van der Waals surface area contributed by atoms with Crippen molar-refractivity contribution in [3.8, 4) is 0 Å². The Balaban J connectivity index is 2.20. The van der Waals surface area contributed by atoms with Crippen LogP contribution in [-0.2, 0) is 19.5 Å². The number of carbonyl (C=O) groups excluding carboxylic acids is 1. The number of aliphatic hydroxyl groups is 1. The van der Waals surface area contributed by atoms with E-state index in [2.05, 4.69) is 10.8 Å². The predicted molar refractivity (Wildman–Crippen MR) is 92.8 cm³/mol. The van der Waals surface area contributed by atoms with E-state index in [0.29, 0.717) is 0 Å². The van der Waals surface area contributed by atoms with Crippen LogP contribution in [0.2, 0.25) is 0 Å². The Labute approximate surface area is 152 Å². The summed E-state index contributed by atoms with van der Waals surface area (Å²) in [6.45, 7) is 6.02. The summed E-state index contributed by atoms with van der Waals surface area (Å²) in [6, 6.07) is 3.92. The Kier molecular flexibility index (Phi) is 5.46. The molecule has 1 heterocycles. The second-order valence-electron chi connectivity index (χ2n) is 7.30. The van der Waals surface area contributed by atoms with Gasteiger partial charge in [-0.2, -0.15) is 0 Å². The molecule has 0 spiro atoms. The molecule has 144 valence electrons. The molecule has 1 aliphatic rings. The molecule has 0 saturated heterocycles. The molecular weight excluding hydrogens is 363 g/mol. The van der Waals surface area contributed by atoms with Gasteiger partial charge in [0.25, 0.3) is 0 Å². The summed E-state index contributed by atoms with van der Waals surface area (Å²) in [4.78, 5) is 17.6. The minimum Gasteiger partial charge on any atom is -0.396 e. The quantitative estimate of drug-likeness (QED) is 0.636. The van der Waals surface area contributed by atoms with Gasteiger partial charge in [0.05, 0.1) is 17.5 Å². The maximum Gasteiger partial charge on any atom is 0.247 e. The third-order valence-electron chi connectivity index (χ3n) is 4.44. The lowest BCUT2D eigenvalue weighted by Crippen LogP contribution is -2.47. The van der Waals surface area contributed by atoms with Crippen molar-refractivity contribution in [2.75, 3.05) is 6.61 Å². The number of benzene rings is 1. The fourth-order valence-corrected chi connectivity index (χ4v) is 3.57. The van der Waals surface area contributed by atoms with Gasteiger partial charge in [0.15, 0.2) is 9.84 Å². The summed E-state index contributed by atoms with van der Waals surface area (Å²) in [5.74, 6) is -1.31. The van der Waals surface area contributed by atoms with Gasteiger partial charge < -0.3 is 9.94 Å². The van der Waals surface area contributed by atoms with Crippen LogP contribution in [0.25, 0.3) is 0 Å². The molecule has 0 saturated carbocycles. The van der Waals surface area contributed by atoms with Crippen LogP contribution in [0, 0.1) is 11.2 Å². The van der Waals surface area contributed by atoms with Crippen molar-refractivity contribution in [2.24, 2.45) is 5.41 Å². The van der Waals surface area contributed by atoms with Gasteiger partial charge in [0.1, 0.15) is 10.6 Å². The summed E-state index contributed by atoms with van der Waals surface area (Å²) < 4.78 is 36.7. The first-order chi connectivity index (χ1) is 11.9. The summed E-state index contributed by atoms with van der Waals surface area (Å²) in [5, 5.41) is 11.8. The Hall–Kier alpha value is -1.97. The Morgan fingerprint density at radius 2 is 1.85 bits per heavy atom. The maximum absolute atomic E-state index is 13.0. The molecule has 0 aromatic heterocycles. The second kappa shape index (κ2) is 6.98. The highest BCUT2D eigenvalue weighted by atomic mass is 32.2. The molecule has 1 atom stereocenters. The molecule has 1 aliphatic heterocycles. The molecule has 1 aromatic carbocycles. The number of sulfone groups is 1. The first-order valence-corrected chi connectivity index (χ1v) is 9.47. The zero-order chi connectivity index (χ0) is 19.8. The first-order valence-electron chi connectivity index (χ1n) is 7.98. The standard InChI is InChI=1S/C17H23FN2O5S/c1-16(2,10-21)13-9-14(25-20-13)19-15(22)17(3,4)26(23,24)12-7-5-11(18)6-8-12/h5-9,13,20-21H,10H2,1-4H3,(H,19,22). The Morgan fingerprint density at radius 3 is 2.38 bits per heavy atom. The van der Waals surface area contributed by atoms with Crippen molar-refractivity contribution in [2.45, 2.75) is 43.4 Å². The average molecular weight is 386 g/mol. The van der Waals surface area contributed by atoms with E-state index in [4.69, 9.17) is 4.84 Å². The molecule has 1 aromatic rings. The van der Waals surface area contributed by atoms with Gasteiger partial charge in [-0.25, -0.2) is 12.8 Å². The third kappa shape index (κ3) is 3.74. The molecule has 26 heavy (non-hydrogen) atoms. The third-order valence-corrected chi connectivity index (χ3v) is 6.86. The number of hydrogen-bond acceptors (Lipinski definition) is 6. The minimum atomic E-state index is -4.06. The van der Waals surface area contributed by atoms with E-state index in [1.807, 2.05) is 0 Å². The number of nitrogens with one attached hydrogen (secondary N) is 2. The van der Waals surface area contributed by atoms with Crippen LogP contribution < -0.4 is 10.8 Å². The summed E-state index contributed by atoms with van der Waals surface area (Å²) >= 11 is 0. The number of amides is 1. The highest BCUT2D eigenvalue weighted by Crippen LogP contribution is 2.28. The lowest BCUT2D eigenvalue weighted by Gasteiger charge is -2.26. The van der Waals surface area contributed by atoms with Crippen molar-refractivity contribution in [3.63, 3.8) is 0 Å². The van der Waals surface area contributed by atoms with Crippen molar-refractivity contribution in [1.29, 1.82) is 0 Å². The van der Waals surface area contributed by atoms with E-state index in [-0.39, 0.29) is 23.4 Å². The highest BCUT2D eigenvalue weighted by molar-refractivity contribution is 7.93. The fourth-order valence-electron chi connectivity index (χ4n) is 2.19. The monoisotopic (exact) mass is 386 g/mol. The number of aliphatic hydroxyl groups excluding tert-OH is 1. The van der Waals surface area contributed by atoms with E-state index in [1.54, 1.807) is 19.9 Å². The average Bonchev–Trinajstić information content (AvgIpc) is 3.04. The largest absolute Gasteiger partial charge is 0.396 e. The first kappa shape index (κ1) is 20.3. The van der Waals surface area contributed by atoms with Gasteiger partial charge in [-0.05, 0) is 44.2 Å². The zero-order valence-electron chi connectivity index (χ0n) is 15.0. The number of rotatable bonds is 6. The number of carbonyl (C=O) groups is 1. The van der Waals surface area contributed by atoms with Crippen LogP contribution in [0.1, 0.15) is 27.7 Å². The Bertz CT molecular complexity index is 816. The van der Waals surface area contributed by atoms with Crippen LogP contribution in [0.15, 0.2) is 41.1 Å². The van der Waals surface area contributed by atoms with Gasteiger partial charge in [-0.1, -0.05) is 13.8 Å². The second-order valence-corrected chi connectivity index (χ2v) is 9.80. The van der Waals surface area contributed by atoms with Crippen molar-refractivity contribution >= 4 is 15.7 Å². The molecule has 3 N–H and O–H groups in total. The molecule has 0 radical (unpaired) electrons. The van der Waals surface area contributed by atoms with Crippen molar-refractivity contribution in [1.82, 2.24) is 10.8 Å². The fraction of sp³-hybridized carbons (Fsp3) is 0.471. The number of hydrogen-bond donors (Lipinski definition) is 3. The predicted octanol–water partition coefficient (Wildman–Crippen LogP) is 1.26. The van der Waals surface area contributed by atoms with E-state index < -0.39 is 31.7 Å². The maximum atomic E-state index is 13.0. The normalized spacial score (nSPS) is 18.2. The van der Waals surface area contributed by atoms with E-state index >= 15 is 0 Å². The minimum absolute atomic E-state index is 0.0592. The molecule has 7 nitrogen and oxygen atoms in total. The van der Waals surface area contributed by atoms with Gasteiger partial charge in [0.2, 0.25) is 11.8 Å². The summed E-state index contributed by atoms with van der Waals surface area (Å²) in [6.07, 6.45) is 1.56. The van der Waals surface area contributed by atoms with E-state index in [0.717, 1.165) is 24.3 Å². The smallest absolute Gasteiger partial charge is 0.247 e. The Morgan fingerprint density at radius 1 is 1.27 bits per heavy atom. The van der Waals surface area contributed by atoms with Crippen molar-refractivity contribution in [3.05, 3.63) is 42.0 Å². The van der Waals surface area contributed by atoms with Gasteiger partial charge in [0, 0.05) is 5.41 Å². The lowest BCUT2D eigenvalue weighted by molar-refractivity contribution is -0.123. The molecule has 1 amide bonds. The van der Waals surface area contributed by atoms with Gasteiger partial charge in [-0.15, -0.1) is 5.48 Å². The number of hydroxylamine groups is 1. The molecule has 0 bridgehead atoms. The topological polar surface area (TPSA) is 105 Å². The summed E-state index contributed by atoms with van der Waals surface area (Å²) in [5.41, 5.74) is 2.13. The van der Waals surface area contributed by atoms with Crippen LogP contribution in [-0.4, -0.2) is 36.8 Å². The molecule has 2 rings (SSSR count). The van der Waals surface area contributed by atoms with Crippen LogP contribution in [0.3, 0.4) is 0 Å². The highest BCUT2D eigenvalue weighted by Gasteiger charge is 2.44. The molecule has 1 unspecified atom stereocenters. The van der Waals surface area contributed by atoms with E-state index in [9.17, 15) is 22.7 Å². The van der Waals surface area contributed by atoms with Gasteiger partial charge >= 0.3 is 0 Å². The zero-order valence-corrected chi connectivity index (χ0v) is 15.9. The SMILES string of the molecule is CC(C)(CO)C1C=C(NC(=O)C(C)(C)S(=O)(=O)c2ccc(F)cc2)ON1. The molecule has 0 fully saturated rings. The lowest BCUT2D eigenvalue weighted by atomic mass is 9.86. The van der Waals surface area contributed by atoms with Crippen molar-refractivity contribution < 1.29 is 27.5 Å². The van der Waals surface area contributed by atoms with Crippen LogP contribution in [0.5, 0.6) is 0 Å². The molecule has 9 heteroatoms. The van der Waals surface area contributed by atoms with Crippen LogP contribution in [0.4, 0.5) is 4.39 Å². The number of halogens is 1. The van der Waals surface area contributed by atoms with Gasteiger partial charge in [-0.3, -0.25) is 10.1 Å². The molecule has 0 aliphatic carbocycles.